The molecule has 233 valence electrons. The number of hydrogen-bond acceptors (Lipinski definition) is 7. The fraction of sp³-hybridized carbons (Fsp3) is 0.419. The second-order valence-corrected chi connectivity index (χ2v) is 8.19. The summed E-state index contributed by atoms with van der Waals surface area (Å²) in [5.41, 5.74) is 3.35. The summed E-state index contributed by atoms with van der Waals surface area (Å²) in [5.74, 6) is -1.54. The van der Waals surface area contributed by atoms with Gasteiger partial charge in [0.1, 0.15) is 6.04 Å². The van der Waals surface area contributed by atoms with E-state index in [1.54, 1.807) is 26.1 Å². The Bertz CT molecular complexity index is 1210. The van der Waals surface area contributed by atoms with Crippen LogP contribution >= 0.6 is 0 Å². The van der Waals surface area contributed by atoms with E-state index in [-0.39, 0.29) is 48.1 Å². The summed E-state index contributed by atoms with van der Waals surface area (Å²) in [7, 11) is 4.40. The molecule has 0 unspecified atom stereocenters. The number of carbonyl (C=O) groups excluding carboxylic acids is 4. The van der Waals surface area contributed by atoms with Crippen molar-refractivity contribution in [2.45, 2.75) is 60.4 Å². The van der Waals surface area contributed by atoms with Crippen molar-refractivity contribution < 1.29 is 52.7 Å². The number of rotatable bonds is 9. The predicted molar refractivity (Wildman–Crippen MR) is 164 cm³/mol. The van der Waals surface area contributed by atoms with Gasteiger partial charge < -0.3 is 30.6 Å². The molecule has 0 saturated heterocycles. The van der Waals surface area contributed by atoms with Gasteiger partial charge in [0, 0.05) is 73.7 Å². The molecule has 3 aromatic rings. The number of para-hydroxylation sites is 2. The smallest absolute Gasteiger partial charge is 0.328 e. The number of amides is 1. The van der Waals surface area contributed by atoms with Crippen molar-refractivity contribution in [3.63, 3.8) is 0 Å². The van der Waals surface area contributed by atoms with Crippen LogP contribution in [-0.2, 0) is 48.8 Å². The molecule has 10 nitrogen and oxygen atoms in total. The number of aromatic nitrogens is 1. The van der Waals surface area contributed by atoms with Crippen LogP contribution in [0.25, 0.3) is 10.9 Å². The Morgan fingerprint density at radius 1 is 0.881 bits per heavy atom. The number of esters is 2. The van der Waals surface area contributed by atoms with E-state index >= 15 is 0 Å². The molecule has 1 heterocycles. The third-order valence-corrected chi connectivity index (χ3v) is 5.55. The minimum absolute atomic E-state index is 0. The van der Waals surface area contributed by atoms with Crippen molar-refractivity contribution in [1.29, 1.82) is 0 Å². The molecule has 0 aliphatic heterocycles. The van der Waals surface area contributed by atoms with Gasteiger partial charge in [0.15, 0.2) is 5.78 Å². The van der Waals surface area contributed by atoms with Gasteiger partial charge in [-0.1, -0.05) is 65.0 Å². The van der Waals surface area contributed by atoms with Gasteiger partial charge in [-0.2, -0.15) is 0 Å². The van der Waals surface area contributed by atoms with Gasteiger partial charge in [-0.25, -0.2) is 4.79 Å². The average molecular weight is 625 g/mol. The summed E-state index contributed by atoms with van der Waals surface area (Å²) >= 11 is 0. The van der Waals surface area contributed by atoms with Crippen LogP contribution in [0, 0.1) is 5.92 Å². The molecule has 2 atom stereocenters. The maximum Gasteiger partial charge on any atom is 0.328 e. The topological polar surface area (TPSA) is 158 Å². The molecule has 0 aliphatic rings. The number of H-pyrrole nitrogens is 1. The Hall–Kier alpha value is -3.60. The number of anilines is 1. The fourth-order valence-corrected chi connectivity index (χ4v) is 3.72. The van der Waals surface area contributed by atoms with E-state index in [1.165, 1.54) is 21.1 Å². The molecular formula is C31H47N3O7V. The molecule has 3 rings (SSSR count). The number of benzene rings is 2. The van der Waals surface area contributed by atoms with Crippen LogP contribution in [0.4, 0.5) is 5.69 Å². The Labute approximate surface area is 261 Å². The minimum atomic E-state index is -0.665. The maximum atomic E-state index is 12.0. The zero-order valence-corrected chi connectivity index (χ0v) is 27.6. The number of ether oxygens (including phenoxy) is 2. The third-order valence-electron chi connectivity index (χ3n) is 5.55. The largest absolute Gasteiger partial charge is 0.469 e. The average Bonchev–Trinajstić information content (AvgIpc) is 3.40. The molecule has 42 heavy (non-hydrogen) atoms. The molecule has 11 heteroatoms. The van der Waals surface area contributed by atoms with E-state index < -0.39 is 17.9 Å². The van der Waals surface area contributed by atoms with Gasteiger partial charge in [0.2, 0.25) is 5.91 Å². The first-order valence-electron chi connectivity index (χ1n) is 13.5. The Balaban J connectivity index is -0.000000624. The van der Waals surface area contributed by atoms with E-state index in [0.717, 1.165) is 22.2 Å². The molecule has 1 radical (unpaired) electrons. The molecule has 1 amide bonds. The first-order chi connectivity index (χ1) is 19.2. The first-order valence-corrected chi connectivity index (χ1v) is 13.5. The summed E-state index contributed by atoms with van der Waals surface area (Å²) in [6.07, 6.45) is 2.41. The zero-order chi connectivity index (χ0) is 30.7. The molecule has 1 aromatic heterocycles. The van der Waals surface area contributed by atoms with Gasteiger partial charge >= 0.3 is 11.9 Å². The number of nitrogens with one attached hydrogen (secondary N) is 3. The van der Waals surface area contributed by atoms with Crippen LogP contribution in [0.15, 0.2) is 54.7 Å². The number of fused-ring (bicyclic) bond motifs is 1. The number of ketones is 1. The molecule has 0 saturated carbocycles. The van der Waals surface area contributed by atoms with Gasteiger partial charge in [0.25, 0.3) is 0 Å². The fourth-order valence-electron chi connectivity index (χ4n) is 3.72. The van der Waals surface area contributed by atoms with Gasteiger partial charge in [-0.15, -0.1) is 0 Å². The minimum Gasteiger partial charge on any atom is -0.469 e. The molecular weight excluding hydrogens is 577 g/mol. The molecule has 0 fully saturated rings. The molecule has 0 aliphatic carbocycles. The van der Waals surface area contributed by atoms with Crippen LogP contribution in [0.3, 0.4) is 0 Å². The Morgan fingerprint density at radius 3 is 1.98 bits per heavy atom. The summed E-state index contributed by atoms with van der Waals surface area (Å²) in [5, 5.41) is 6.61. The second kappa shape index (κ2) is 24.0. The number of Topliss-reactive ketones (excluding diaryl/α,β-unsaturated/α-hetero) is 1. The number of aromatic amines is 1. The van der Waals surface area contributed by atoms with Crippen LogP contribution in [0.5, 0.6) is 0 Å². The van der Waals surface area contributed by atoms with Crippen LogP contribution < -0.4 is 10.6 Å². The summed E-state index contributed by atoms with van der Waals surface area (Å²) < 4.78 is 9.31. The van der Waals surface area contributed by atoms with Crippen molar-refractivity contribution in [1.82, 2.24) is 10.3 Å². The van der Waals surface area contributed by atoms with Crippen molar-refractivity contribution in [3.8, 4) is 0 Å². The predicted octanol–water partition coefficient (Wildman–Crippen LogP) is 4.72. The van der Waals surface area contributed by atoms with Crippen LogP contribution in [0.2, 0.25) is 0 Å². The molecule has 5 N–H and O–H groups in total. The Morgan fingerprint density at radius 2 is 1.43 bits per heavy atom. The van der Waals surface area contributed by atoms with E-state index in [4.69, 9.17) is 4.74 Å². The summed E-state index contributed by atoms with van der Waals surface area (Å²) in [6, 6.07) is 14.4. The molecule has 0 spiro atoms. The maximum absolute atomic E-state index is 12.0. The summed E-state index contributed by atoms with van der Waals surface area (Å²) in [6.45, 7) is 11.1. The van der Waals surface area contributed by atoms with Crippen molar-refractivity contribution >= 4 is 40.2 Å². The number of carbonyl (C=O) groups is 4. The van der Waals surface area contributed by atoms with Crippen molar-refractivity contribution in [2.75, 3.05) is 26.6 Å². The monoisotopic (exact) mass is 624 g/mol. The number of methoxy groups -OCH3 is 2. The van der Waals surface area contributed by atoms with Gasteiger partial charge in [0.05, 0.1) is 20.1 Å². The SMILES string of the molecule is CC.CC.CNc1ccccc1C(=O)C[C@H](C)C(=O)OC.COC(=O)[C@H](Cc1c[nH]c2ccccc12)NC(C)=O.O.[V]. The van der Waals surface area contributed by atoms with Gasteiger partial charge in [-0.3, -0.25) is 14.4 Å². The normalized spacial score (nSPS) is 10.5. The van der Waals surface area contributed by atoms with E-state index in [9.17, 15) is 19.2 Å². The standard InChI is InChI=1S/C14H16N2O3.C13H17NO3.2C2H6.H2O.V/c1-9(17)16-13(14(18)19-2)7-10-8-15-12-6-4-3-5-11(10)12;1-9(13(16)17-3)8-12(15)10-6-4-5-7-11(10)14-2;2*1-2;;/h3-6,8,13,15H,7H2,1-2H3,(H,16,17);4-7,9,14H,8H2,1-3H3;2*1-2H3;1H2;/t13-;9-;;;;/m00..../s1. The van der Waals surface area contributed by atoms with Crippen molar-refractivity contribution in [2.24, 2.45) is 5.92 Å². The quantitative estimate of drug-likeness (QED) is 0.230. The molecule has 2 aromatic carbocycles. The van der Waals surface area contributed by atoms with Crippen LogP contribution in [0.1, 0.15) is 63.9 Å². The van der Waals surface area contributed by atoms with Crippen molar-refractivity contribution in [3.05, 3.63) is 65.9 Å². The third kappa shape index (κ3) is 13.8. The van der Waals surface area contributed by atoms with Gasteiger partial charge in [-0.05, 0) is 23.8 Å². The second-order valence-electron chi connectivity index (χ2n) is 8.19. The zero-order valence-electron chi connectivity index (χ0n) is 26.2. The van der Waals surface area contributed by atoms with E-state index in [0.29, 0.717) is 12.0 Å². The summed E-state index contributed by atoms with van der Waals surface area (Å²) in [4.78, 5) is 49.2. The van der Waals surface area contributed by atoms with E-state index in [2.05, 4.69) is 20.4 Å². The van der Waals surface area contributed by atoms with Crippen LogP contribution in [-0.4, -0.2) is 61.4 Å². The number of hydrogen-bond donors (Lipinski definition) is 3. The molecule has 0 bridgehead atoms. The first kappa shape index (κ1) is 42.9. The Kier molecular flexibility index (Phi) is 24.5. The van der Waals surface area contributed by atoms with E-state index in [1.807, 2.05) is 70.3 Å².